The Labute approximate surface area is 176 Å². The van der Waals surface area contributed by atoms with Crippen molar-refractivity contribution in [1.29, 1.82) is 0 Å². The molecule has 8 heteroatoms. The molecule has 4 aromatic rings. The highest BCUT2D eigenvalue weighted by atomic mass is 35.5. The fourth-order valence-electron chi connectivity index (χ4n) is 2.84. The standard InChI is InChI=1S/C22H16ClFN4O2/c23-16-12-10-14(11-13-16)19(26-22(29)25-18-9-5-4-8-17(18)24)21-28-27-20(30-21)15-6-2-1-3-7-15/h1-13,19H,(H2,25,26,29)/t19-/m1/s1. The summed E-state index contributed by atoms with van der Waals surface area (Å²) in [7, 11) is 0. The predicted molar refractivity (Wildman–Crippen MR) is 112 cm³/mol. The first-order valence-corrected chi connectivity index (χ1v) is 9.44. The molecule has 2 amide bonds. The van der Waals surface area contributed by atoms with Gasteiger partial charge in [0.25, 0.3) is 0 Å². The molecule has 0 unspecified atom stereocenters. The number of carbonyl (C=O) groups excluding carboxylic acids is 1. The summed E-state index contributed by atoms with van der Waals surface area (Å²) in [5, 5.41) is 14.0. The number of nitrogens with zero attached hydrogens (tertiary/aromatic N) is 2. The number of nitrogens with one attached hydrogen (secondary N) is 2. The lowest BCUT2D eigenvalue weighted by Crippen LogP contribution is -2.33. The van der Waals surface area contributed by atoms with Crippen LogP contribution in [0.15, 0.2) is 83.3 Å². The lowest BCUT2D eigenvalue weighted by molar-refractivity contribution is 0.248. The maximum atomic E-state index is 13.9. The molecular formula is C22H16ClFN4O2. The minimum Gasteiger partial charge on any atom is -0.418 e. The van der Waals surface area contributed by atoms with Gasteiger partial charge in [-0.1, -0.05) is 54.1 Å². The summed E-state index contributed by atoms with van der Waals surface area (Å²) in [6.45, 7) is 0. The molecule has 0 aliphatic heterocycles. The van der Waals surface area contributed by atoms with Gasteiger partial charge in [0.05, 0.1) is 5.69 Å². The van der Waals surface area contributed by atoms with Gasteiger partial charge in [0.15, 0.2) is 0 Å². The minimum atomic E-state index is -0.765. The van der Waals surface area contributed by atoms with Crippen LogP contribution in [0, 0.1) is 5.82 Å². The molecule has 1 aromatic heterocycles. The van der Waals surface area contributed by atoms with E-state index < -0.39 is 17.9 Å². The van der Waals surface area contributed by atoms with Crippen LogP contribution in [0.2, 0.25) is 5.02 Å². The number of hydrogen-bond acceptors (Lipinski definition) is 4. The molecule has 0 fully saturated rings. The smallest absolute Gasteiger partial charge is 0.320 e. The van der Waals surface area contributed by atoms with Crippen LogP contribution < -0.4 is 10.6 Å². The van der Waals surface area contributed by atoms with Crippen LogP contribution in [0.3, 0.4) is 0 Å². The van der Waals surface area contributed by atoms with E-state index in [0.29, 0.717) is 16.5 Å². The summed E-state index contributed by atoms with van der Waals surface area (Å²) in [5.41, 5.74) is 1.48. The van der Waals surface area contributed by atoms with Crippen LogP contribution in [0.5, 0.6) is 0 Å². The molecule has 0 bridgehead atoms. The molecule has 3 aromatic carbocycles. The maximum Gasteiger partial charge on any atom is 0.320 e. The predicted octanol–water partition coefficient (Wildman–Crippen LogP) is 5.44. The van der Waals surface area contributed by atoms with E-state index in [9.17, 15) is 9.18 Å². The van der Waals surface area contributed by atoms with E-state index in [0.717, 1.165) is 5.56 Å². The molecule has 150 valence electrons. The fraction of sp³-hybridized carbons (Fsp3) is 0.0455. The second-order valence-electron chi connectivity index (χ2n) is 6.37. The maximum absolute atomic E-state index is 13.9. The highest BCUT2D eigenvalue weighted by Gasteiger charge is 2.24. The summed E-state index contributed by atoms with van der Waals surface area (Å²) in [4.78, 5) is 12.6. The van der Waals surface area contributed by atoms with Crippen LogP contribution in [0.25, 0.3) is 11.5 Å². The van der Waals surface area contributed by atoms with E-state index in [1.165, 1.54) is 12.1 Å². The molecule has 1 heterocycles. The monoisotopic (exact) mass is 422 g/mol. The van der Waals surface area contributed by atoms with Crippen molar-refractivity contribution in [3.05, 3.63) is 101 Å². The first kappa shape index (κ1) is 19.6. The number of hydrogen-bond donors (Lipinski definition) is 2. The molecule has 1 atom stereocenters. The lowest BCUT2D eigenvalue weighted by Gasteiger charge is -2.16. The van der Waals surface area contributed by atoms with Gasteiger partial charge in [0, 0.05) is 10.6 Å². The van der Waals surface area contributed by atoms with Crippen molar-refractivity contribution in [2.75, 3.05) is 5.32 Å². The first-order valence-electron chi connectivity index (χ1n) is 9.06. The van der Waals surface area contributed by atoms with Crippen molar-refractivity contribution in [3.8, 4) is 11.5 Å². The van der Waals surface area contributed by atoms with Crippen molar-refractivity contribution in [2.24, 2.45) is 0 Å². The molecule has 0 aliphatic carbocycles. The van der Waals surface area contributed by atoms with Gasteiger partial charge in [-0.05, 0) is 42.0 Å². The molecule has 0 spiro atoms. The Morgan fingerprint density at radius 2 is 1.63 bits per heavy atom. The number of urea groups is 1. The number of para-hydroxylation sites is 1. The summed E-state index contributed by atoms with van der Waals surface area (Å²) < 4.78 is 19.7. The Hall–Kier alpha value is -3.71. The molecular weight excluding hydrogens is 407 g/mol. The van der Waals surface area contributed by atoms with Crippen molar-refractivity contribution >= 4 is 23.3 Å². The fourth-order valence-corrected chi connectivity index (χ4v) is 2.97. The van der Waals surface area contributed by atoms with E-state index in [2.05, 4.69) is 20.8 Å². The third-order valence-corrected chi connectivity index (χ3v) is 4.56. The van der Waals surface area contributed by atoms with Gasteiger partial charge < -0.3 is 15.1 Å². The first-order chi connectivity index (χ1) is 14.6. The summed E-state index contributed by atoms with van der Waals surface area (Å²) in [6, 6.07) is 20.6. The second kappa shape index (κ2) is 8.75. The van der Waals surface area contributed by atoms with Gasteiger partial charge in [-0.25, -0.2) is 9.18 Å². The van der Waals surface area contributed by atoms with Crippen molar-refractivity contribution in [1.82, 2.24) is 15.5 Å². The molecule has 4 rings (SSSR count). The third kappa shape index (κ3) is 4.47. The van der Waals surface area contributed by atoms with Gasteiger partial charge in [-0.15, -0.1) is 10.2 Å². The van der Waals surface area contributed by atoms with Crippen LogP contribution >= 0.6 is 11.6 Å². The summed E-state index contributed by atoms with van der Waals surface area (Å²) in [6.07, 6.45) is 0. The van der Waals surface area contributed by atoms with Crippen molar-refractivity contribution in [2.45, 2.75) is 6.04 Å². The number of rotatable bonds is 5. The summed E-state index contributed by atoms with van der Waals surface area (Å²) in [5.74, 6) is -0.0411. The average molecular weight is 423 g/mol. The van der Waals surface area contributed by atoms with Crippen molar-refractivity contribution < 1.29 is 13.6 Å². The Morgan fingerprint density at radius 3 is 2.37 bits per heavy atom. The molecule has 0 aliphatic rings. The number of benzene rings is 3. The lowest BCUT2D eigenvalue weighted by atomic mass is 10.1. The van der Waals surface area contributed by atoms with Crippen molar-refractivity contribution in [3.63, 3.8) is 0 Å². The highest BCUT2D eigenvalue weighted by Crippen LogP contribution is 2.26. The van der Waals surface area contributed by atoms with Gasteiger partial charge in [-0.3, -0.25) is 0 Å². The number of carbonyl (C=O) groups is 1. The van der Waals surface area contributed by atoms with Crippen LogP contribution in [-0.4, -0.2) is 16.2 Å². The van der Waals surface area contributed by atoms with Gasteiger partial charge in [0.1, 0.15) is 11.9 Å². The second-order valence-corrected chi connectivity index (χ2v) is 6.81. The van der Waals surface area contributed by atoms with Crippen LogP contribution in [0.4, 0.5) is 14.9 Å². The van der Waals surface area contributed by atoms with Gasteiger partial charge in [0.2, 0.25) is 11.8 Å². The van der Waals surface area contributed by atoms with E-state index in [-0.39, 0.29) is 11.6 Å². The Kier molecular flexibility index (Phi) is 5.72. The zero-order chi connectivity index (χ0) is 20.9. The largest absolute Gasteiger partial charge is 0.418 e. The van der Waals surface area contributed by atoms with E-state index in [4.69, 9.17) is 16.0 Å². The molecule has 2 N–H and O–H groups in total. The molecule has 30 heavy (non-hydrogen) atoms. The number of aromatic nitrogens is 2. The van der Waals surface area contributed by atoms with Gasteiger partial charge in [-0.2, -0.15) is 0 Å². The molecule has 0 saturated heterocycles. The Bertz CT molecular complexity index is 1150. The van der Waals surface area contributed by atoms with E-state index >= 15 is 0 Å². The number of halogens is 2. The van der Waals surface area contributed by atoms with Gasteiger partial charge >= 0.3 is 6.03 Å². The average Bonchev–Trinajstić information content (AvgIpc) is 3.25. The van der Waals surface area contributed by atoms with E-state index in [1.807, 2.05) is 30.3 Å². The normalized spacial score (nSPS) is 11.7. The van der Waals surface area contributed by atoms with Crippen LogP contribution in [-0.2, 0) is 0 Å². The highest BCUT2D eigenvalue weighted by molar-refractivity contribution is 6.30. The quantitative estimate of drug-likeness (QED) is 0.448. The summed E-state index contributed by atoms with van der Waals surface area (Å²) >= 11 is 5.98. The Balaban J connectivity index is 1.62. The molecule has 6 nitrogen and oxygen atoms in total. The Morgan fingerprint density at radius 1 is 0.933 bits per heavy atom. The molecule has 0 saturated carbocycles. The topological polar surface area (TPSA) is 80.0 Å². The zero-order valence-electron chi connectivity index (χ0n) is 15.5. The number of amides is 2. The van der Waals surface area contributed by atoms with Crippen LogP contribution in [0.1, 0.15) is 17.5 Å². The molecule has 0 radical (unpaired) electrons. The van der Waals surface area contributed by atoms with E-state index in [1.54, 1.807) is 36.4 Å². The number of anilines is 1. The third-order valence-electron chi connectivity index (χ3n) is 4.31. The SMILES string of the molecule is O=C(Nc1ccccc1F)N[C@H](c1ccc(Cl)cc1)c1nnc(-c2ccccc2)o1. The minimum absolute atomic E-state index is 0.0559. The zero-order valence-corrected chi connectivity index (χ0v) is 16.3.